The van der Waals surface area contributed by atoms with Gasteiger partial charge in [0, 0.05) is 26.1 Å². The van der Waals surface area contributed by atoms with Crippen LogP contribution in [0, 0.1) is 0 Å². The standard InChI is InChI=1S/C11H22N2O5S/c1-3-13(4-2)19(17,18)9-10(14)12-8-6-5-7-11(15)16/h3-9H2,1-2H3,(H,12,14)(H,15,16). The van der Waals surface area contributed by atoms with Crippen LogP contribution in [0.4, 0.5) is 0 Å². The zero-order chi connectivity index (χ0) is 14.9. The summed E-state index contributed by atoms with van der Waals surface area (Å²) in [5.41, 5.74) is 0. The summed E-state index contributed by atoms with van der Waals surface area (Å²) in [5.74, 6) is -1.99. The first kappa shape index (κ1) is 17.8. The van der Waals surface area contributed by atoms with Crippen molar-refractivity contribution in [1.82, 2.24) is 9.62 Å². The van der Waals surface area contributed by atoms with Gasteiger partial charge < -0.3 is 10.4 Å². The van der Waals surface area contributed by atoms with E-state index in [9.17, 15) is 18.0 Å². The van der Waals surface area contributed by atoms with Crippen molar-refractivity contribution in [3.05, 3.63) is 0 Å². The maximum Gasteiger partial charge on any atom is 0.303 e. The fourth-order valence-electron chi connectivity index (χ4n) is 1.55. The van der Waals surface area contributed by atoms with Crippen molar-refractivity contribution < 1.29 is 23.1 Å². The van der Waals surface area contributed by atoms with Gasteiger partial charge in [0.05, 0.1) is 0 Å². The number of amides is 1. The molecule has 0 aliphatic carbocycles. The molecule has 0 aromatic heterocycles. The molecule has 0 aliphatic rings. The van der Waals surface area contributed by atoms with Gasteiger partial charge in [-0.25, -0.2) is 12.7 Å². The second-order valence-electron chi connectivity index (χ2n) is 4.04. The van der Waals surface area contributed by atoms with Gasteiger partial charge in [0.15, 0.2) is 0 Å². The Morgan fingerprint density at radius 2 is 1.74 bits per heavy atom. The van der Waals surface area contributed by atoms with Gasteiger partial charge in [0.1, 0.15) is 5.75 Å². The molecule has 0 aromatic rings. The molecule has 0 rings (SSSR count). The summed E-state index contributed by atoms with van der Waals surface area (Å²) in [6.07, 6.45) is 1.02. The van der Waals surface area contributed by atoms with E-state index in [2.05, 4.69) is 5.32 Å². The van der Waals surface area contributed by atoms with Crippen LogP contribution in [0.15, 0.2) is 0 Å². The average molecular weight is 294 g/mol. The maximum absolute atomic E-state index is 11.8. The van der Waals surface area contributed by atoms with Crippen molar-refractivity contribution in [3.63, 3.8) is 0 Å². The first-order valence-corrected chi connectivity index (χ1v) is 7.90. The van der Waals surface area contributed by atoms with Crippen LogP contribution < -0.4 is 5.32 Å². The molecular formula is C11H22N2O5S. The number of nitrogens with one attached hydrogen (secondary N) is 1. The molecule has 7 nitrogen and oxygen atoms in total. The molecular weight excluding hydrogens is 272 g/mol. The Kier molecular flexibility index (Phi) is 8.33. The van der Waals surface area contributed by atoms with Crippen LogP contribution in [0.3, 0.4) is 0 Å². The number of hydrogen-bond donors (Lipinski definition) is 2. The van der Waals surface area contributed by atoms with Crippen molar-refractivity contribution in [1.29, 1.82) is 0 Å². The van der Waals surface area contributed by atoms with Gasteiger partial charge in [-0.15, -0.1) is 0 Å². The second-order valence-corrected chi connectivity index (χ2v) is 6.01. The molecule has 0 bridgehead atoms. The van der Waals surface area contributed by atoms with Crippen LogP contribution in [-0.2, 0) is 19.6 Å². The van der Waals surface area contributed by atoms with Crippen LogP contribution in [0.25, 0.3) is 0 Å². The van der Waals surface area contributed by atoms with E-state index in [-0.39, 0.29) is 6.42 Å². The van der Waals surface area contributed by atoms with E-state index in [1.54, 1.807) is 13.8 Å². The summed E-state index contributed by atoms with van der Waals surface area (Å²) in [5, 5.41) is 10.9. The zero-order valence-corrected chi connectivity index (χ0v) is 12.2. The van der Waals surface area contributed by atoms with Crippen molar-refractivity contribution in [3.8, 4) is 0 Å². The van der Waals surface area contributed by atoms with Crippen LogP contribution in [-0.4, -0.2) is 55.1 Å². The minimum Gasteiger partial charge on any atom is -0.481 e. The number of hydrogen-bond acceptors (Lipinski definition) is 4. The van der Waals surface area contributed by atoms with Gasteiger partial charge in [0.25, 0.3) is 0 Å². The Labute approximate surface area is 114 Å². The number of carbonyl (C=O) groups is 2. The number of unbranched alkanes of at least 4 members (excludes halogenated alkanes) is 1. The fraction of sp³-hybridized carbons (Fsp3) is 0.818. The number of nitrogens with zero attached hydrogens (tertiary/aromatic N) is 1. The molecule has 112 valence electrons. The van der Waals surface area contributed by atoms with Gasteiger partial charge in [-0.2, -0.15) is 0 Å². The third-order valence-corrected chi connectivity index (χ3v) is 4.48. The maximum atomic E-state index is 11.8. The molecule has 0 atom stereocenters. The van der Waals surface area contributed by atoms with E-state index >= 15 is 0 Å². The number of rotatable bonds is 10. The van der Waals surface area contributed by atoms with Gasteiger partial charge in [-0.1, -0.05) is 13.8 Å². The molecule has 0 fully saturated rings. The van der Waals surface area contributed by atoms with E-state index in [0.717, 1.165) is 0 Å². The second kappa shape index (κ2) is 8.87. The third-order valence-electron chi connectivity index (χ3n) is 2.55. The molecule has 0 aliphatic heterocycles. The molecule has 0 radical (unpaired) electrons. The lowest BCUT2D eigenvalue weighted by Gasteiger charge is -2.17. The van der Waals surface area contributed by atoms with Gasteiger partial charge in [-0.05, 0) is 12.8 Å². The first-order chi connectivity index (χ1) is 8.83. The molecule has 0 unspecified atom stereocenters. The summed E-state index contributed by atoms with van der Waals surface area (Å²) >= 11 is 0. The lowest BCUT2D eigenvalue weighted by Crippen LogP contribution is -2.39. The number of carboxylic acids is 1. The van der Waals surface area contributed by atoms with Gasteiger partial charge in [0.2, 0.25) is 15.9 Å². The van der Waals surface area contributed by atoms with Crippen molar-refractivity contribution in [2.75, 3.05) is 25.4 Å². The zero-order valence-electron chi connectivity index (χ0n) is 11.4. The molecule has 0 heterocycles. The molecule has 0 saturated heterocycles. The summed E-state index contributed by atoms with van der Waals surface area (Å²) < 4.78 is 24.8. The topological polar surface area (TPSA) is 104 Å². The van der Waals surface area contributed by atoms with E-state index in [0.29, 0.717) is 32.5 Å². The summed E-state index contributed by atoms with van der Waals surface area (Å²) in [6.45, 7) is 4.39. The molecule has 19 heavy (non-hydrogen) atoms. The lowest BCUT2D eigenvalue weighted by atomic mass is 10.2. The number of sulfonamides is 1. The first-order valence-electron chi connectivity index (χ1n) is 6.29. The highest BCUT2D eigenvalue weighted by Gasteiger charge is 2.22. The van der Waals surface area contributed by atoms with Crippen molar-refractivity contribution in [2.24, 2.45) is 0 Å². The minimum atomic E-state index is -3.55. The Morgan fingerprint density at radius 3 is 2.21 bits per heavy atom. The molecule has 0 spiro atoms. The minimum absolute atomic E-state index is 0.0492. The number of carboxylic acid groups (broad SMARTS) is 1. The lowest BCUT2D eigenvalue weighted by molar-refractivity contribution is -0.137. The Bertz CT molecular complexity index is 390. The highest BCUT2D eigenvalue weighted by molar-refractivity contribution is 7.89. The third kappa shape index (κ3) is 7.78. The smallest absolute Gasteiger partial charge is 0.303 e. The predicted octanol–water partition coefficient (Wildman–Crippen LogP) is 0.0291. The summed E-state index contributed by atoms with van der Waals surface area (Å²) in [7, 11) is -3.55. The van der Waals surface area contributed by atoms with Crippen LogP contribution >= 0.6 is 0 Å². The fourth-order valence-corrected chi connectivity index (χ4v) is 2.96. The number of carbonyl (C=O) groups excluding carboxylic acids is 1. The monoisotopic (exact) mass is 294 g/mol. The normalized spacial score (nSPS) is 11.5. The van der Waals surface area contributed by atoms with Gasteiger partial charge >= 0.3 is 5.97 Å². The van der Waals surface area contributed by atoms with E-state index in [4.69, 9.17) is 5.11 Å². The highest BCUT2D eigenvalue weighted by atomic mass is 32.2. The van der Waals surface area contributed by atoms with Crippen molar-refractivity contribution >= 4 is 21.9 Å². The van der Waals surface area contributed by atoms with E-state index in [1.165, 1.54) is 4.31 Å². The molecule has 2 N–H and O–H groups in total. The highest BCUT2D eigenvalue weighted by Crippen LogP contribution is 2.00. The largest absolute Gasteiger partial charge is 0.481 e. The van der Waals surface area contributed by atoms with Crippen LogP contribution in [0.5, 0.6) is 0 Å². The predicted molar refractivity (Wildman–Crippen MR) is 71.2 cm³/mol. The molecule has 0 aromatic carbocycles. The van der Waals surface area contributed by atoms with Crippen LogP contribution in [0.1, 0.15) is 33.1 Å². The van der Waals surface area contributed by atoms with Crippen LogP contribution in [0.2, 0.25) is 0 Å². The number of aliphatic carboxylic acids is 1. The van der Waals surface area contributed by atoms with Crippen molar-refractivity contribution in [2.45, 2.75) is 33.1 Å². The molecule has 8 heteroatoms. The summed E-state index contributed by atoms with van der Waals surface area (Å²) in [4.78, 5) is 21.7. The molecule has 1 amide bonds. The summed E-state index contributed by atoms with van der Waals surface area (Å²) in [6, 6.07) is 0. The quantitative estimate of drug-likeness (QED) is 0.553. The Morgan fingerprint density at radius 1 is 1.16 bits per heavy atom. The molecule has 0 saturated carbocycles. The Balaban J connectivity index is 4.01. The van der Waals surface area contributed by atoms with E-state index < -0.39 is 27.7 Å². The SMILES string of the molecule is CCN(CC)S(=O)(=O)CC(=O)NCCCCC(=O)O. The van der Waals surface area contributed by atoms with E-state index in [1.807, 2.05) is 0 Å². The Hall–Kier alpha value is -1.15. The van der Waals surface area contributed by atoms with Gasteiger partial charge in [-0.3, -0.25) is 9.59 Å². The average Bonchev–Trinajstić information content (AvgIpc) is 2.28.